The lowest BCUT2D eigenvalue weighted by Crippen LogP contribution is -2.34. The van der Waals surface area contributed by atoms with E-state index in [9.17, 15) is 13.2 Å². The van der Waals surface area contributed by atoms with E-state index >= 15 is 0 Å². The summed E-state index contributed by atoms with van der Waals surface area (Å²) in [4.78, 5) is 10.9. The summed E-state index contributed by atoms with van der Waals surface area (Å²) in [6.45, 7) is 1.59. The Hall–Kier alpha value is -2.42. The smallest absolute Gasteiger partial charge is 0.255 e. The van der Waals surface area contributed by atoms with Crippen LogP contribution in [0.3, 0.4) is 0 Å². The Balaban J connectivity index is 1.67. The number of rotatable bonds is 8. The zero-order chi connectivity index (χ0) is 19.4. The molecule has 3 N–H and O–H groups in total. The van der Waals surface area contributed by atoms with Crippen LogP contribution in [-0.2, 0) is 21.2 Å². The molecule has 1 heterocycles. The number of hydrogen-bond acceptors (Lipinski definition) is 5. The maximum atomic E-state index is 12.6. The van der Waals surface area contributed by atoms with Crippen molar-refractivity contribution in [1.82, 2.24) is 4.72 Å². The Bertz CT molecular complexity index is 1040. The monoisotopic (exact) mass is 404 g/mol. The highest BCUT2D eigenvalue weighted by Gasteiger charge is 2.18. The molecule has 0 fully saturated rings. The van der Waals surface area contributed by atoms with E-state index in [2.05, 4.69) is 16.2 Å². The van der Waals surface area contributed by atoms with Crippen LogP contribution in [0.2, 0.25) is 0 Å². The summed E-state index contributed by atoms with van der Waals surface area (Å²) in [5.74, 6) is -0.214. The molecule has 0 aliphatic heterocycles. The molecule has 0 aliphatic rings. The van der Waals surface area contributed by atoms with Crippen molar-refractivity contribution in [2.75, 3.05) is 6.61 Å². The number of primary amides is 1. The summed E-state index contributed by atoms with van der Waals surface area (Å²) < 4.78 is 34.2. The van der Waals surface area contributed by atoms with Crippen LogP contribution in [0.5, 0.6) is 5.75 Å². The lowest BCUT2D eigenvalue weighted by molar-refractivity contribution is -0.119. The second-order valence-electron chi connectivity index (χ2n) is 6.21. The quantitative estimate of drug-likeness (QED) is 0.603. The number of carbonyl (C=O) groups excluding carboxylic acids is 1. The summed E-state index contributed by atoms with van der Waals surface area (Å²) in [7, 11) is -3.66. The van der Waals surface area contributed by atoms with Gasteiger partial charge in [-0.3, -0.25) is 4.79 Å². The number of nitrogens with one attached hydrogen (secondary N) is 1. The van der Waals surface area contributed by atoms with Crippen molar-refractivity contribution in [2.24, 2.45) is 5.73 Å². The molecule has 1 aromatic heterocycles. The molecule has 1 atom stereocenters. The third-order valence-corrected chi connectivity index (χ3v) is 6.58. The molecule has 27 heavy (non-hydrogen) atoms. The first-order chi connectivity index (χ1) is 12.8. The topological polar surface area (TPSA) is 98.5 Å². The summed E-state index contributed by atoms with van der Waals surface area (Å²) in [6.07, 6.45) is 0.600. The highest BCUT2D eigenvalue weighted by molar-refractivity contribution is 7.89. The molecule has 0 saturated carbocycles. The highest BCUT2D eigenvalue weighted by Crippen LogP contribution is 2.26. The molecule has 3 rings (SSSR count). The van der Waals surface area contributed by atoms with Gasteiger partial charge in [-0.05, 0) is 60.0 Å². The zero-order valence-electron chi connectivity index (χ0n) is 14.7. The molecule has 0 spiro atoms. The number of sulfonamides is 1. The van der Waals surface area contributed by atoms with E-state index in [1.54, 1.807) is 11.3 Å². The second kappa shape index (κ2) is 8.08. The molecule has 0 saturated heterocycles. The highest BCUT2D eigenvalue weighted by atomic mass is 32.2. The van der Waals surface area contributed by atoms with Gasteiger partial charge >= 0.3 is 0 Å². The molecule has 3 aromatic rings. The zero-order valence-corrected chi connectivity index (χ0v) is 16.3. The molecule has 2 aromatic carbocycles. The third kappa shape index (κ3) is 4.85. The van der Waals surface area contributed by atoms with Crippen molar-refractivity contribution in [3.05, 3.63) is 59.5 Å². The Morgan fingerprint density at radius 2 is 1.89 bits per heavy atom. The van der Waals surface area contributed by atoms with Crippen LogP contribution < -0.4 is 15.2 Å². The first-order valence-electron chi connectivity index (χ1n) is 8.34. The summed E-state index contributed by atoms with van der Waals surface area (Å²) in [5.41, 5.74) is 6.14. The van der Waals surface area contributed by atoms with Crippen molar-refractivity contribution < 1.29 is 17.9 Å². The predicted octanol–water partition coefficient (Wildman–Crippen LogP) is 2.67. The predicted molar refractivity (Wildman–Crippen MR) is 106 cm³/mol. The van der Waals surface area contributed by atoms with Gasteiger partial charge in [0.25, 0.3) is 5.91 Å². The minimum Gasteiger partial charge on any atom is -0.484 e. The van der Waals surface area contributed by atoms with Gasteiger partial charge in [0.1, 0.15) is 5.75 Å². The average molecular weight is 405 g/mol. The number of nitrogens with two attached hydrogens (primary N) is 1. The fourth-order valence-corrected chi connectivity index (χ4v) is 4.98. The normalized spacial score (nSPS) is 12.8. The lowest BCUT2D eigenvalue weighted by Gasteiger charge is -2.14. The Kier molecular flexibility index (Phi) is 5.79. The van der Waals surface area contributed by atoms with Gasteiger partial charge in [0, 0.05) is 10.7 Å². The molecule has 0 bridgehead atoms. The maximum absolute atomic E-state index is 12.6. The van der Waals surface area contributed by atoms with Crippen molar-refractivity contribution in [2.45, 2.75) is 24.3 Å². The molecule has 8 heteroatoms. The molecule has 1 amide bonds. The number of ether oxygens (including phenoxy) is 1. The van der Waals surface area contributed by atoms with Crippen molar-refractivity contribution >= 4 is 37.4 Å². The number of amides is 1. The van der Waals surface area contributed by atoms with Crippen molar-refractivity contribution in [3.8, 4) is 5.75 Å². The van der Waals surface area contributed by atoms with Gasteiger partial charge in [-0.15, -0.1) is 11.3 Å². The van der Waals surface area contributed by atoms with Crippen LogP contribution in [-0.4, -0.2) is 27.0 Å². The Morgan fingerprint density at radius 3 is 2.59 bits per heavy atom. The van der Waals surface area contributed by atoms with Crippen molar-refractivity contribution in [1.29, 1.82) is 0 Å². The molecule has 0 aliphatic carbocycles. The van der Waals surface area contributed by atoms with Crippen LogP contribution in [0.1, 0.15) is 12.5 Å². The SMILES string of the molecule is C[C@@H](Cc1csc2ccccc12)NS(=O)(=O)c1ccc(OCC(N)=O)cc1. The van der Waals surface area contributed by atoms with E-state index in [0.29, 0.717) is 12.2 Å². The first-order valence-corrected chi connectivity index (χ1v) is 10.7. The standard InChI is InChI=1S/C19H20N2O4S2/c1-13(10-14-12-26-18-5-3-2-4-17(14)18)21-27(23,24)16-8-6-15(7-9-16)25-11-19(20)22/h2-9,12-13,21H,10-11H2,1H3,(H2,20,22)/t13-/m0/s1. The van der Waals surface area contributed by atoms with E-state index < -0.39 is 15.9 Å². The average Bonchev–Trinajstić information content (AvgIpc) is 3.03. The number of benzene rings is 2. The first kappa shape index (κ1) is 19.3. The van der Waals surface area contributed by atoms with E-state index in [-0.39, 0.29) is 17.5 Å². The van der Waals surface area contributed by atoms with Gasteiger partial charge in [-0.1, -0.05) is 18.2 Å². The minimum atomic E-state index is -3.66. The Labute approximate surface area is 162 Å². The molecular weight excluding hydrogens is 384 g/mol. The van der Waals surface area contributed by atoms with Gasteiger partial charge in [0.05, 0.1) is 4.90 Å². The van der Waals surface area contributed by atoms with Gasteiger partial charge in [-0.2, -0.15) is 0 Å². The molecular formula is C19H20N2O4S2. The van der Waals surface area contributed by atoms with Gasteiger partial charge in [-0.25, -0.2) is 13.1 Å². The number of thiophene rings is 1. The van der Waals surface area contributed by atoms with E-state index in [1.807, 2.05) is 25.1 Å². The third-order valence-electron chi connectivity index (χ3n) is 3.96. The van der Waals surface area contributed by atoms with Crippen LogP contribution >= 0.6 is 11.3 Å². The van der Waals surface area contributed by atoms with Gasteiger partial charge < -0.3 is 10.5 Å². The summed E-state index contributed by atoms with van der Waals surface area (Å²) in [6, 6.07) is 13.7. The van der Waals surface area contributed by atoms with Crippen molar-refractivity contribution in [3.63, 3.8) is 0 Å². The molecule has 142 valence electrons. The van der Waals surface area contributed by atoms with Crippen LogP contribution in [0.4, 0.5) is 0 Å². The fourth-order valence-electron chi connectivity index (χ4n) is 2.76. The largest absolute Gasteiger partial charge is 0.484 e. The molecule has 0 radical (unpaired) electrons. The van der Waals surface area contributed by atoms with Gasteiger partial charge in [0.15, 0.2) is 6.61 Å². The summed E-state index contributed by atoms with van der Waals surface area (Å²) in [5, 5.41) is 3.23. The number of hydrogen-bond donors (Lipinski definition) is 2. The second-order valence-corrected chi connectivity index (χ2v) is 8.84. The van der Waals surface area contributed by atoms with Crippen LogP contribution in [0.15, 0.2) is 58.8 Å². The van der Waals surface area contributed by atoms with E-state index in [1.165, 1.54) is 29.0 Å². The maximum Gasteiger partial charge on any atom is 0.255 e. The fraction of sp³-hybridized carbons (Fsp3) is 0.211. The number of carbonyl (C=O) groups is 1. The minimum absolute atomic E-state index is 0.135. The van der Waals surface area contributed by atoms with Crippen LogP contribution in [0.25, 0.3) is 10.1 Å². The summed E-state index contributed by atoms with van der Waals surface area (Å²) >= 11 is 1.65. The number of fused-ring (bicyclic) bond motifs is 1. The Morgan fingerprint density at radius 1 is 1.19 bits per heavy atom. The molecule has 0 unspecified atom stereocenters. The lowest BCUT2D eigenvalue weighted by atomic mass is 10.1. The van der Waals surface area contributed by atoms with E-state index in [0.717, 1.165) is 10.9 Å². The van der Waals surface area contributed by atoms with Gasteiger partial charge in [0.2, 0.25) is 10.0 Å². The van der Waals surface area contributed by atoms with E-state index in [4.69, 9.17) is 10.5 Å². The van der Waals surface area contributed by atoms with Crippen LogP contribution in [0, 0.1) is 0 Å². The molecule has 6 nitrogen and oxygen atoms in total.